The highest BCUT2D eigenvalue weighted by Gasteiger charge is 2.08. The molecule has 0 aliphatic rings. The molecular formula is C21H20N2O6. The predicted molar refractivity (Wildman–Crippen MR) is 108 cm³/mol. The van der Waals surface area contributed by atoms with Crippen LogP contribution in [-0.2, 0) is 4.79 Å². The molecule has 0 aliphatic carbocycles. The Bertz CT molecular complexity index is 1120. The monoisotopic (exact) mass is 396 g/mol. The third kappa shape index (κ3) is 4.92. The summed E-state index contributed by atoms with van der Waals surface area (Å²) in [6.07, 6.45) is 1.31. The maximum absolute atomic E-state index is 11.9. The van der Waals surface area contributed by atoms with Gasteiger partial charge in [-0.3, -0.25) is 4.79 Å². The van der Waals surface area contributed by atoms with Gasteiger partial charge in [-0.05, 0) is 43.7 Å². The number of hydrazone groups is 1. The molecule has 2 N–H and O–H groups in total. The van der Waals surface area contributed by atoms with Crippen LogP contribution in [0.2, 0.25) is 0 Å². The molecule has 1 heterocycles. The number of benzene rings is 2. The fourth-order valence-electron chi connectivity index (χ4n) is 2.67. The van der Waals surface area contributed by atoms with E-state index in [1.165, 1.54) is 12.3 Å². The van der Waals surface area contributed by atoms with E-state index in [4.69, 9.17) is 13.9 Å². The van der Waals surface area contributed by atoms with Crippen LogP contribution < -0.4 is 20.5 Å². The molecule has 1 amide bonds. The van der Waals surface area contributed by atoms with Gasteiger partial charge in [0.1, 0.15) is 11.3 Å². The van der Waals surface area contributed by atoms with E-state index in [-0.39, 0.29) is 12.4 Å². The highest BCUT2D eigenvalue weighted by molar-refractivity contribution is 5.86. The number of rotatable bonds is 7. The molecule has 3 aromatic rings. The Hall–Kier alpha value is -3.81. The first-order valence-corrected chi connectivity index (χ1v) is 8.92. The van der Waals surface area contributed by atoms with Gasteiger partial charge in [0.2, 0.25) is 0 Å². The summed E-state index contributed by atoms with van der Waals surface area (Å²) in [7, 11) is 0. The molecule has 3 rings (SSSR count). The van der Waals surface area contributed by atoms with Crippen molar-refractivity contribution in [2.45, 2.75) is 13.8 Å². The molecule has 8 heteroatoms. The van der Waals surface area contributed by atoms with Crippen LogP contribution in [-0.4, -0.2) is 30.4 Å². The van der Waals surface area contributed by atoms with Crippen molar-refractivity contribution in [2.24, 2.45) is 5.10 Å². The van der Waals surface area contributed by atoms with E-state index >= 15 is 0 Å². The number of nitrogens with one attached hydrogen (secondary N) is 1. The van der Waals surface area contributed by atoms with Gasteiger partial charge in [0.25, 0.3) is 5.91 Å². The number of para-hydroxylation sites is 1. The van der Waals surface area contributed by atoms with Gasteiger partial charge in [-0.25, -0.2) is 10.2 Å². The zero-order valence-corrected chi connectivity index (χ0v) is 16.0. The van der Waals surface area contributed by atoms with Gasteiger partial charge >= 0.3 is 5.63 Å². The summed E-state index contributed by atoms with van der Waals surface area (Å²) in [5.74, 6) is 0.167. The summed E-state index contributed by atoms with van der Waals surface area (Å²) in [5, 5.41) is 14.7. The summed E-state index contributed by atoms with van der Waals surface area (Å²) in [6, 6.07) is 11.4. The third-order valence-corrected chi connectivity index (χ3v) is 4.02. The van der Waals surface area contributed by atoms with E-state index in [1.54, 1.807) is 36.4 Å². The zero-order chi connectivity index (χ0) is 20.8. The smallest absolute Gasteiger partial charge is 0.336 e. The van der Waals surface area contributed by atoms with Crippen LogP contribution in [0, 0.1) is 6.92 Å². The molecule has 0 saturated carbocycles. The second-order valence-electron chi connectivity index (χ2n) is 6.12. The number of hydrogen-bond donors (Lipinski definition) is 2. The molecule has 0 radical (unpaired) electrons. The van der Waals surface area contributed by atoms with Gasteiger partial charge in [-0.15, -0.1) is 0 Å². The largest absolute Gasteiger partial charge is 0.504 e. The van der Waals surface area contributed by atoms with Gasteiger partial charge in [-0.2, -0.15) is 5.10 Å². The highest BCUT2D eigenvalue weighted by atomic mass is 16.5. The first kappa shape index (κ1) is 19.9. The molecule has 0 bridgehead atoms. The number of nitrogens with zero attached hydrogens (tertiary/aromatic N) is 1. The molecule has 0 fully saturated rings. The van der Waals surface area contributed by atoms with Crippen LogP contribution in [0.1, 0.15) is 18.1 Å². The number of amides is 1. The summed E-state index contributed by atoms with van der Waals surface area (Å²) in [6.45, 7) is 3.75. The number of carbonyl (C=O) groups excluding carboxylic acids is 1. The maximum atomic E-state index is 11.9. The third-order valence-electron chi connectivity index (χ3n) is 4.02. The molecule has 1 aromatic heterocycles. The van der Waals surface area contributed by atoms with E-state index in [0.717, 1.165) is 10.9 Å². The maximum Gasteiger partial charge on any atom is 0.336 e. The topological polar surface area (TPSA) is 110 Å². The van der Waals surface area contributed by atoms with Gasteiger partial charge in [0, 0.05) is 23.1 Å². The van der Waals surface area contributed by atoms with Crippen LogP contribution in [0.4, 0.5) is 0 Å². The SMILES string of the molecule is CCOc1cccc(/C=N/NC(=O)COc2ccc3c(C)cc(=O)oc3c2)c1O. The Balaban J connectivity index is 1.59. The number of aromatic hydroxyl groups is 1. The van der Waals surface area contributed by atoms with E-state index in [2.05, 4.69) is 10.5 Å². The van der Waals surface area contributed by atoms with E-state index in [1.807, 2.05) is 13.8 Å². The van der Waals surface area contributed by atoms with Crippen molar-refractivity contribution < 1.29 is 23.8 Å². The fraction of sp³-hybridized carbons (Fsp3) is 0.190. The quantitative estimate of drug-likeness (QED) is 0.361. The summed E-state index contributed by atoms with van der Waals surface area (Å²) in [4.78, 5) is 23.4. The number of fused-ring (bicyclic) bond motifs is 1. The number of aryl methyl sites for hydroxylation is 1. The van der Waals surface area contributed by atoms with Crippen LogP contribution in [0.25, 0.3) is 11.0 Å². The Morgan fingerprint density at radius 2 is 2.07 bits per heavy atom. The lowest BCUT2D eigenvalue weighted by atomic mass is 10.1. The first-order valence-electron chi connectivity index (χ1n) is 8.92. The predicted octanol–water partition coefficient (Wildman–Crippen LogP) is 2.73. The molecule has 0 aliphatic heterocycles. The minimum absolute atomic E-state index is 0.0588. The molecular weight excluding hydrogens is 376 g/mol. The van der Waals surface area contributed by atoms with Crippen LogP contribution >= 0.6 is 0 Å². The van der Waals surface area contributed by atoms with Gasteiger partial charge in [-0.1, -0.05) is 6.07 Å². The number of phenols is 1. The molecule has 2 aromatic carbocycles. The summed E-state index contributed by atoms with van der Waals surface area (Å²) >= 11 is 0. The Kier molecular flexibility index (Phi) is 6.13. The Morgan fingerprint density at radius 3 is 2.86 bits per heavy atom. The van der Waals surface area contributed by atoms with Crippen molar-refractivity contribution in [1.29, 1.82) is 0 Å². The van der Waals surface area contributed by atoms with Crippen molar-refractivity contribution in [3.05, 3.63) is 64.0 Å². The number of ether oxygens (including phenoxy) is 2. The standard InChI is InChI=1S/C21H20N2O6/c1-3-27-17-6-4-5-14(21(17)26)11-22-23-19(24)12-28-15-7-8-16-13(2)9-20(25)29-18(16)10-15/h4-11,26H,3,12H2,1-2H3,(H,23,24)/b22-11+. The van der Waals surface area contributed by atoms with Gasteiger partial charge < -0.3 is 19.0 Å². The minimum atomic E-state index is -0.493. The molecule has 29 heavy (non-hydrogen) atoms. The lowest BCUT2D eigenvalue weighted by Gasteiger charge is -2.08. The van der Waals surface area contributed by atoms with E-state index in [0.29, 0.717) is 29.3 Å². The van der Waals surface area contributed by atoms with Gasteiger partial charge in [0.15, 0.2) is 18.1 Å². The lowest BCUT2D eigenvalue weighted by molar-refractivity contribution is -0.123. The second-order valence-corrected chi connectivity index (χ2v) is 6.12. The molecule has 0 saturated heterocycles. The highest BCUT2D eigenvalue weighted by Crippen LogP contribution is 2.28. The van der Waals surface area contributed by atoms with Gasteiger partial charge in [0.05, 0.1) is 12.8 Å². The van der Waals surface area contributed by atoms with Crippen molar-refractivity contribution in [1.82, 2.24) is 5.43 Å². The number of phenolic OH excluding ortho intramolecular Hbond substituents is 1. The molecule has 150 valence electrons. The van der Waals surface area contributed by atoms with Crippen molar-refractivity contribution >= 4 is 23.1 Å². The molecule has 0 spiro atoms. The first-order chi connectivity index (χ1) is 14.0. The Morgan fingerprint density at radius 1 is 1.24 bits per heavy atom. The summed E-state index contributed by atoms with van der Waals surface area (Å²) in [5.41, 5.74) is 3.45. The minimum Gasteiger partial charge on any atom is -0.504 e. The van der Waals surface area contributed by atoms with E-state index < -0.39 is 11.5 Å². The lowest BCUT2D eigenvalue weighted by Crippen LogP contribution is -2.24. The van der Waals surface area contributed by atoms with Crippen LogP contribution in [0.15, 0.2) is 56.8 Å². The molecule has 0 atom stereocenters. The number of carbonyl (C=O) groups is 1. The zero-order valence-electron chi connectivity index (χ0n) is 16.0. The average Bonchev–Trinajstić information content (AvgIpc) is 2.69. The van der Waals surface area contributed by atoms with Crippen LogP contribution in [0.3, 0.4) is 0 Å². The average molecular weight is 396 g/mol. The number of hydrogen-bond acceptors (Lipinski definition) is 7. The second kappa shape index (κ2) is 8.92. The van der Waals surface area contributed by atoms with Crippen molar-refractivity contribution in [3.8, 4) is 17.2 Å². The summed E-state index contributed by atoms with van der Waals surface area (Å²) < 4.78 is 15.9. The molecule has 0 unspecified atom stereocenters. The van der Waals surface area contributed by atoms with Crippen molar-refractivity contribution in [3.63, 3.8) is 0 Å². The van der Waals surface area contributed by atoms with Crippen LogP contribution in [0.5, 0.6) is 17.2 Å². The fourth-order valence-corrected chi connectivity index (χ4v) is 2.67. The Labute approximate surface area is 166 Å². The van der Waals surface area contributed by atoms with E-state index in [9.17, 15) is 14.7 Å². The normalized spacial score (nSPS) is 11.0. The van der Waals surface area contributed by atoms with Crippen molar-refractivity contribution in [2.75, 3.05) is 13.2 Å². The molecule has 8 nitrogen and oxygen atoms in total.